The summed E-state index contributed by atoms with van der Waals surface area (Å²) in [5, 5.41) is 3.42. The molecule has 0 spiro atoms. The van der Waals surface area contributed by atoms with Crippen molar-refractivity contribution in [3.63, 3.8) is 0 Å². The second-order valence-electron chi connectivity index (χ2n) is 6.47. The quantitative estimate of drug-likeness (QED) is 0.647. The second-order valence-corrected chi connectivity index (χ2v) is 6.88. The Morgan fingerprint density at radius 3 is 2.76 bits per heavy atom. The minimum Gasteiger partial charge on any atom is -0.379 e. The van der Waals surface area contributed by atoms with E-state index in [4.69, 9.17) is 17.0 Å². The Kier molecular flexibility index (Phi) is 5.72. The molecule has 2 heterocycles. The van der Waals surface area contributed by atoms with Crippen molar-refractivity contribution in [2.24, 2.45) is 0 Å². The lowest BCUT2D eigenvalue weighted by molar-refractivity contribution is 0.0378. The molecular weight excluding hydrogens is 284 g/mol. The van der Waals surface area contributed by atoms with E-state index in [1.54, 1.807) is 0 Å². The van der Waals surface area contributed by atoms with Crippen LogP contribution in [0.1, 0.15) is 33.0 Å². The van der Waals surface area contributed by atoms with Gasteiger partial charge in [-0.2, -0.15) is 0 Å². The molecule has 0 saturated carbocycles. The van der Waals surface area contributed by atoms with Crippen LogP contribution in [-0.2, 0) is 10.2 Å². The summed E-state index contributed by atoms with van der Waals surface area (Å²) >= 11 is 5.24. The van der Waals surface area contributed by atoms with Gasteiger partial charge in [0.1, 0.15) is 16.3 Å². The molecule has 2 rings (SSSR count). The van der Waals surface area contributed by atoms with E-state index < -0.39 is 0 Å². The van der Waals surface area contributed by atoms with Crippen LogP contribution in [-0.4, -0.2) is 54.3 Å². The molecule has 0 aliphatic carbocycles. The number of aromatic amines is 1. The highest BCUT2D eigenvalue weighted by Crippen LogP contribution is 2.19. The number of H-pyrrole nitrogens is 1. The van der Waals surface area contributed by atoms with E-state index in [9.17, 15) is 0 Å². The van der Waals surface area contributed by atoms with Crippen LogP contribution in [0.25, 0.3) is 0 Å². The Balaban J connectivity index is 1.82. The third-order valence-electron chi connectivity index (χ3n) is 3.52. The van der Waals surface area contributed by atoms with Gasteiger partial charge in [-0.15, -0.1) is 0 Å². The zero-order chi connectivity index (χ0) is 15.3. The van der Waals surface area contributed by atoms with Crippen molar-refractivity contribution < 1.29 is 4.74 Å². The zero-order valence-corrected chi connectivity index (χ0v) is 14.1. The number of morpholine rings is 1. The van der Waals surface area contributed by atoms with Gasteiger partial charge in [0.2, 0.25) is 0 Å². The fourth-order valence-electron chi connectivity index (χ4n) is 2.26. The smallest absolute Gasteiger partial charge is 0.131 e. The topological polar surface area (TPSA) is 53.2 Å². The monoisotopic (exact) mass is 310 g/mol. The normalized spacial score (nSPS) is 16.9. The largest absolute Gasteiger partial charge is 0.379 e. The molecule has 6 heteroatoms. The molecule has 1 saturated heterocycles. The number of hydrogen-bond donors (Lipinski definition) is 2. The summed E-state index contributed by atoms with van der Waals surface area (Å²) in [7, 11) is 0. The molecule has 0 amide bonds. The Morgan fingerprint density at radius 1 is 1.38 bits per heavy atom. The molecule has 118 valence electrons. The Morgan fingerprint density at radius 2 is 2.10 bits per heavy atom. The summed E-state index contributed by atoms with van der Waals surface area (Å²) in [5.74, 6) is 1.88. The van der Waals surface area contributed by atoms with Gasteiger partial charge in [-0.3, -0.25) is 4.90 Å². The minimum absolute atomic E-state index is 0.0287. The Bertz CT molecular complexity index is 503. The van der Waals surface area contributed by atoms with Gasteiger partial charge in [-0.1, -0.05) is 33.0 Å². The molecule has 0 radical (unpaired) electrons. The van der Waals surface area contributed by atoms with Crippen molar-refractivity contribution in [1.82, 2.24) is 14.9 Å². The average molecular weight is 310 g/mol. The number of aromatic nitrogens is 2. The van der Waals surface area contributed by atoms with Crippen molar-refractivity contribution >= 4 is 18.0 Å². The van der Waals surface area contributed by atoms with Gasteiger partial charge >= 0.3 is 0 Å². The van der Waals surface area contributed by atoms with Crippen LogP contribution in [0.15, 0.2) is 6.07 Å². The lowest BCUT2D eigenvalue weighted by Gasteiger charge is -2.26. The van der Waals surface area contributed by atoms with Crippen molar-refractivity contribution in [3.8, 4) is 0 Å². The lowest BCUT2D eigenvalue weighted by Crippen LogP contribution is -2.37. The first-order valence-corrected chi connectivity index (χ1v) is 8.02. The summed E-state index contributed by atoms with van der Waals surface area (Å²) in [6, 6.07) is 1.89. The predicted octanol–water partition coefficient (Wildman–Crippen LogP) is 2.57. The SMILES string of the molecule is CC(C)(C)c1nc(=S)cc(NCCCN2CCOCC2)[nH]1. The van der Waals surface area contributed by atoms with Gasteiger partial charge in [0, 0.05) is 31.1 Å². The molecule has 0 atom stereocenters. The molecule has 1 aromatic heterocycles. The molecule has 1 aliphatic rings. The first kappa shape index (κ1) is 16.4. The van der Waals surface area contributed by atoms with Crippen LogP contribution in [0.5, 0.6) is 0 Å². The number of ether oxygens (including phenoxy) is 1. The summed E-state index contributed by atoms with van der Waals surface area (Å²) in [5.41, 5.74) is -0.0287. The standard InChI is InChI=1S/C15H26N4OS/c1-15(2,3)14-17-12(11-13(21)18-14)16-5-4-6-19-7-9-20-10-8-19/h11H,4-10H2,1-3H3,(H2,16,17,18,21). The highest BCUT2D eigenvalue weighted by molar-refractivity contribution is 7.71. The number of anilines is 1. The second kappa shape index (κ2) is 7.33. The lowest BCUT2D eigenvalue weighted by atomic mass is 9.96. The molecule has 0 aromatic carbocycles. The molecule has 1 aliphatic heterocycles. The van der Waals surface area contributed by atoms with Crippen molar-refractivity contribution in [3.05, 3.63) is 16.5 Å². The van der Waals surface area contributed by atoms with Gasteiger partial charge in [0.05, 0.1) is 13.2 Å². The van der Waals surface area contributed by atoms with E-state index in [1.165, 1.54) is 0 Å². The van der Waals surface area contributed by atoms with Crippen LogP contribution in [0.4, 0.5) is 5.82 Å². The molecule has 1 fully saturated rings. The van der Waals surface area contributed by atoms with Crippen LogP contribution >= 0.6 is 12.2 Å². The number of nitrogens with zero attached hydrogens (tertiary/aromatic N) is 2. The fourth-order valence-corrected chi connectivity index (χ4v) is 2.47. The fraction of sp³-hybridized carbons (Fsp3) is 0.733. The van der Waals surface area contributed by atoms with E-state index >= 15 is 0 Å². The highest BCUT2D eigenvalue weighted by atomic mass is 32.1. The maximum Gasteiger partial charge on any atom is 0.131 e. The molecule has 0 unspecified atom stereocenters. The zero-order valence-electron chi connectivity index (χ0n) is 13.2. The number of hydrogen-bond acceptors (Lipinski definition) is 5. The third kappa shape index (κ3) is 5.37. The first-order valence-electron chi connectivity index (χ1n) is 7.61. The highest BCUT2D eigenvalue weighted by Gasteiger charge is 2.16. The molecule has 5 nitrogen and oxygen atoms in total. The maximum absolute atomic E-state index is 5.35. The number of nitrogens with one attached hydrogen (secondary N) is 2. The molecule has 21 heavy (non-hydrogen) atoms. The van der Waals surface area contributed by atoms with Gasteiger partial charge < -0.3 is 15.0 Å². The molecule has 1 aromatic rings. The van der Waals surface area contributed by atoms with Crippen LogP contribution in [0.3, 0.4) is 0 Å². The van der Waals surface area contributed by atoms with Crippen molar-refractivity contribution in [1.29, 1.82) is 0 Å². The molecule has 2 N–H and O–H groups in total. The van der Waals surface area contributed by atoms with E-state index in [0.717, 1.165) is 57.5 Å². The minimum atomic E-state index is -0.0287. The van der Waals surface area contributed by atoms with Crippen LogP contribution in [0.2, 0.25) is 0 Å². The van der Waals surface area contributed by atoms with E-state index in [0.29, 0.717) is 4.64 Å². The molecule has 0 bridgehead atoms. The van der Waals surface area contributed by atoms with E-state index in [2.05, 4.69) is 41.0 Å². The van der Waals surface area contributed by atoms with Crippen molar-refractivity contribution in [2.75, 3.05) is 44.7 Å². The maximum atomic E-state index is 5.35. The van der Waals surface area contributed by atoms with Gasteiger partial charge in [0.15, 0.2) is 0 Å². The van der Waals surface area contributed by atoms with Crippen LogP contribution < -0.4 is 5.32 Å². The summed E-state index contributed by atoms with van der Waals surface area (Å²) in [6.07, 6.45) is 1.10. The van der Waals surface area contributed by atoms with Gasteiger partial charge in [0.25, 0.3) is 0 Å². The Hall–Kier alpha value is -0.980. The van der Waals surface area contributed by atoms with E-state index in [-0.39, 0.29) is 5.41 Å². The summed E-state index contributed by atoms with van der Waals surface area (Å²) in [4.78, 5) is 10.2. The summed E-state index contributed by atoms with van der Waals surface area (Å²) in [6.45, 7) is 12.2. The average Bonchev–Trinajstić information content (AvgIpc) is 2.43. The number of rotatable bonds is 5. The first-order chi connectivity index (χ1) is 9.95. The summed E-state index contributed by atoms with van der Waals surface area (Å²) < 4.78 is 5.99. The molecular formula is C15H26N4OS. The van der Waals surface area contributed by atoms with Gasteiger partial charge in [-0.05, 0) is 13.0 Å². The third-order valence-corrected chi connectivity index (χ3v) is 3.73. The predicted molar refractivity (Wildman–Crippen MR) is 88.5 cm³/mol. The van der Waals surface area contributed by atoms with Gasteiger partial charge in [-0.25, -0.2) is 4.98 Å². The van der Waals surface area contributed by atoms with Crippen molar-refractivity contribution in [2.45, 2.75) is 32.6 Å². The van der Waals surface area contributed by atoms with E-state index in [1.807, 2.05) is 6.07 Å². The Labute approximate surface area is 132 Å². The van der Waals surface area contributed by atoms with Crippen LogP contribution in [0, 0.1) is 4.64 Å².